The van der Waals surface area contributed by atoms with E-state index in [2.05, 4.69) is 20.2 Å². The van der Waals surface area contributed by atoms with E-state index in [-0.39, 0.29) is 35.5 Å². The van der Waals surface area contributed by atoms with Gasteiger partial charge in [0.2, 0.25) is 12.5 Å². The number of aromatic nitrogens is 2. The predicted octanol–water partition coefficient (Wildman–Crippen LogP) is 2.56. The lowest BCUT2D eigenvalue weighted by Gasteiger charge is -2.38. The quantitative estimate of drug-likeness (QED) is 0.458. The first-order valence-electron chi connectivity index (χ1n) is 12.6. The summed E-state index contributed by atoms with van der Waals surface area (Å²) in [6, 6.07) is 7.67. The van der Waals surface area contributed by atoms with E-state index < -0.39 is 26.5 Å². The number of hydrogen-bond acceptors (Lipinski definition) is 6. The summed E-state index contributed by atoms with van der Waals surface area (Å²) in [5.41, 5.74) is 6.92. The average Bonchev–Trinajstić information content (AvgIpc) is 3.60. The third-order valence-electron chi connectivity index (χ3n) is 7.30. The zero-order valence-corrected chi connectivity index (χ0v) is 22.1. The molecular weight excluding hydrogens is 492 g/mol. The maximum Gasteiger partial charge on any atom is 0.254 e. The number of anilines is 1. The molecule has 198 valence electrons. The summed E-state index contributed by atoms with van der Waals surface area (Å²) in [7, 11) is -3.18. The number of carbonyl (C=O) groups is 2. The normalized spacial score (nSPS) is 17.9. The summed E-state index contributed by atoms with van der Waals surface area (Å²) in [4.78, 5) is 30.3. The maximum absolute atomic E-state index is 12.3. The number of benzene rings is 1. The zero-order valence-electron chi connectivity index (χ0n) is 21.3. The van der Waals surface area contributed by atoms with Crippen molar-refractivity contribution in [2.45, 2.75) is 62.6 Å². The van der Waals surface area contributed by atoms with Gasteiger partial charge in [-0.25, -0.2) is 15.0 Å². The van der Waals surface area contributed by atoms with Crippen LogP contribution in [0.2, 0.25) is 0 Å². The van der Waals surface area contributed by atoms with Crippen LogP contribution in [0.25, 0.3) is 4.85 Å². The van der Waals surface area contributed by atoms with Crippen molar-refractivity contribution >= 4 is 27.5 Å². The van der Waals surface area contributed by atoms with Crippen LogP contribution in [-0.4, -0.2) is 59.8 Å². The molecule has 0 atom stereocenters. The molecule has 2 fully saturated rings. The van der Waals surface area contributed by atoms with E-state index in [1.807, 2.05) is 24.3 Å². The second kappa shape index (κ2) is 10.6. The molecule has 4 rings (SSSR count). The molecule has 0 bridgehead atoms. The van der Waals surface area contributed by atoms with Crippen molar-refractivity contribution in [3.63, 3.8) is 0 Å². The molecule has 1 saturated carbocycles. The SMILES string of the molecule is [C-]#[N+]CC1(n2cc(C(N)=O)c(NC(=O)C3CC3)n2)CCN(Cc2cccc(CS(=O)(=O)C(C)C)c2)CC1. The summed E-state index contributed by atoms with van der Waals surface area (Å²) >= 11 is 0. The Morgan fingerprint density at radius 1 is 1.24 bits per heavy atom. The van der Waals surface area contributed by atoms with Crippen LogP contribution in [0.4, 0.5) is 5.82 Å². The van der Waals surface area contributed by atoms with Gasteiger partial charge in [-0.05, 0) is 50.7 Å². The first-order valence-corrected chi connectivity index (χ1v) is 14.3. The molecule has 1 aromatic carbocycles. The highest BCUT2D eigenvalue weighted by molar-refractivity contribution is 7.91. The number of rotatable bonds is 10. The van der Waals surface area contributed by atoms with Gasteiger partial charge in [-0.1, -0.05) is 24.3 Å². The van der Waals surface area contributed by atoms with Gasteiger partial charge in [0, 0.05) is 31.7 Å². The summed E-state index contributed by atoms with van der Waals surface area (Å²) in [6.07, 6.45) is 4.47. The predicted molar refractivity (Wildman–Crippen MR) is 140 cm³/mol. The number of primary amides is 1. The topological polar surface area (TPSA) is 132 Å². The van der Waals surface area contributed by atoms with Crippen LogP contribution in [0, 0.1) is 12.5 Å². The van der Waals surface area contributed by atoms with Gasteiger partial charge in [0.15, 0.2) is 15.7 Å². The Kier molecular flexibility index (Phi) is 7.71. The lowest BCUT2D eigenvalue weighted by atomic mass is 9.87. The number of carbonyl (C=O) groups excluding carboxylic acids is 2. The van der Waals surface area contributed by atoms with Crippen LogP contribution in [0.3, 0.4) is 0 Å². The highest BCUT2D eigenvalue weighted by Gasteiger charge is 2.41. The van der Waals surface area contributed by atoms with Crippen LogP contribution < -0.4 is 11.1 Å². The van der Waals surface area contributed by atoms with Crippen molar-refractivity contribution in [2.24, 2.45) is 11.7 Å². The maximum atomic E-state index is 12.3. The Bertz CT molecular complexity index is 1310. The zero-order chi connectivity index (χ0) is 26.8. The van der Waals surface area contributed by atoms with E-state index in [4.69, 9.17) is 12.3 Å². The largest absolute Gasteiger partial charge is 0.365 e. The molecule has 2 heterocycles. The summed E-state index contributed by atoms with van der Waals surface area (Å²) < 4.78 is 26.3. The molecule has 2 aromatic rings. The third-order valence-corrected chi connectivity index (χ3v) is 9.47. The van der Waals surface area contributed by atoms with Crippen molar-refractivity contribution in [3.8, 4) is 0 Å². The molecule has 2 aliphatic rings. The first-order chi connectivity index (χ1) is 17.5. The molecule has 37 heavy (non-hydrogen) atoms. The highest BCUT2D eigenvalue weighted by atomic mass is 32.2. The highest BCUT2D eigenvalue weighted by Crippen LogP contribution is 2.34. The molecule has 1 aliphatic carbocycles. The van der Waals surface area contributed by atoms with E-state index in [9.17, 15) is 18.0 Å². The van der Waals surface area contributed by atoms with Gasteiger partial charge in [0.1, 0.15) is 11.1 Å². The van der Waals surface area contributed by atoms with E-state index >= 15 is 0 Å². The number of nitrogens with zero attached hydrogens (tertiary/aromatic N) is 4. The molecule has 1 saturated heterocycles. The summed E-state index contributed by atoms with van der Waals surface area (Å²) in [6.45, 7) is 13.2. The fourth-order valence-electron chi connectivity index (χ4n) is 4.66. The van der Waals surface area contributed by atoms with Gasteiger partial charge in [-0.2, -0.15) is 5.10 Å². The van der Waals surface area contributed by atoms with Crippen LogP contribution in [0.5, 0.6) is 0 Å². The number of nitrogens with two attached hydrogens (primary N) is 1. The standard InChI is InChI=1S/C26H34N6O4S/c1-18(2)37(35,36)16-20-6-4-5-19(13-20)14-31-11-9-26(10-12-31,17-28-3)32-15-22(23(27)33)24(30-32)29-25(34)21-7-8-21/h4-6,13,15,18,21H,7-12,14,16-17H2,1-2H3,(H2,27,33)(H,29,30,34). The molecule has 2 amide bonds. The third kappa shape index (κ3) is 6.19. The van der Waals surface area contributed by atoms with E-state index in [0.717, 1.165) is 24.0 Å². The summed E-state index contributed by atoms with van der Waals surface area (Å²) in [5, 5.41) is 6.85. The number of nitrogens with one attached hydrogen (secondary N) is 1. The Balaban J connectivity index is 1.47. The van der Waals surface area contributed by atoms with Crippen molar-refractivity contribution < 1.29 is 18.0 Å². The minimum absolute atomic E-state index is 0.0216. The van der Waals surface area contributed by atoms with Gasteiger partial charge in [0.25, 0.3) is 5.91 Å². The Morgan fingerprint density at radius 2 is 1.92 bits per heavy atom. The van der Waals surface area contributed by atoms with E-state index in [1.165, 1.54) is 0 Å². The number of likely N-dealkylation sites (tertiary alicyclic amines) is 1. The van der Waals surface area contributed by atoms with Crippen LogP contribution >= 0.6 is 0 Å². The number of amides is 2. The monoisotopic (exact) mass is 526 g/mol. The van der Waals surface area contributed by atoms with Crippen LogP contribution in [-0.2, 0) is 32.5 Å². The Labute approximate surface area is 217 Å². The van der Waals surface area contributed by atoms with Crippen molar-refractivity contribution in [3.05, 3.63) is 58.6 Å². The molecule has 3 N–H and O–H groups in total. The minimum atomic E-state index is -3.18. The second-order valence-electron chi connectivity index (χ2n) is 10.5. The van der Waals surface area contributed by atoms with Gasteiger partial charge >= 0.3 is 0 Å². The summed E-state index contributed by atoms with van der Waals surface area (Å²) in [5.74, 6) is -0.703. The van der Waals surface area contributed by atoms with E-state index in [1.54, 1.807) is 24.7 Å². The number of sulfone groups is 1. The Morgan fingerprint density at radius 3 is 2.51 bits per heavy atom. The number of piperidine rings is 1. The molecule has 1 aromatic heterocycles. The van der Waals surface area contributed by atoms with Gasteiger partial charge in [0.05, 0.1) is 11.0 Å². The smallest absolute Gasteiger partial charge is 0.254 e. The first kappa shape index (κ1) is 26.8. The molecule has 0 unspecified atom stereocenters. The molecule has 10 nitrogen and oxygen atoms in total. The van der Waals surface area contributed by atoms with Gasteiger partial charge < -0.3 is 15.9 Å². The van der Waals surface area contributed by atoms with Crippen LogP contribution in [0.1, 0.15) is 61.0 Å². The van der Waals surface area contributed by atoms with Crippen molar-refractivity contribution in [2.75, 3.05) is 25.0 Å². The lowest BCUT2D eigenvalue weighted by molar-refractivity contribution is -0.117. The second-order valence-corrected chi connectivity index (χ2v) is 13.0. The Hall–Kier alpha value is -3.23. The molecule has 0 spiro atoms. The average molecular weight is 527 g/mol. The van der Waals surface area contributed by atoms with Gasteiger partial charge in [-0.3, -0.25) is 19.2 Å². The van der Waals surface area contributed by atoms with Crippen molar-refractivity contribution in [1.29, 1.82) is 0 Å². The molecule has 1 aliphatic heterocycles. The fraction of sp³-hybridized carbons (Fsp3) is 0.538. The fourth-order valence-corrected chi connectivity index (χ4v) is 5.64. The van der Waals surface area contributed by atoms with Crippen molar-refractivity contribution in [1.82, 2.24) is 14.7 Å². The molecule has 11 heteroatoms. The molecule has 0 radical (unpaired) electrons. The van der Waals surface area contributed by atoms with Gasteiger partial charge in [-0.15, -0.1) is 0 Å². The molecular formula is C26H34N6O4S. The van der Waals surface area contributed by atoms with E-state index in [0.29, 0.717) is 32.5 Å². The lowest BCUT2D eigenvalue weighted by Crippen LogP contribution is -2.48. The number of hydrogen-bond donors (Lipinski definition) is 2. The van der Waals surface area contributed by atoms with Crippen LogP contribution in [0.15, 0.2) is 30.5 Å². The minimum Gasteiger partial charge on any atom is -0.365 e.